The van der Waals surface area contributed by atoms with E-state index in [-0.39, 0.29) is 0 Å². The molecule has 0 aliphatic heterocycles. The zero-order chi connectivity index (χ0) is 14.7. The van der Waals surface area contributed by atoms with Crippen molar-refractivity contribution in [3.63, 3.8) is 0 Å². The Balaban J connectivity index is 1.67. The van der Waals surface area contributed by atoms with E-state index < -0.39 is 0 Å². The molecule has 0 amide bonds. The minimum Gasteiger partial charge on any atom is -0.378 e. The van der Waals surface area contributed by atoms with Gasteiger partial charge in [0, 0.05) is 18.6 Å². The topological polar surface area (TPSA) is 55.6 Å². The van der Waals surface area contributed by atoms with Crippen LogP contribution in [0.3, 0.4) is 0 Å². The summed E-state index contributed by atoms with van der Waals surface area (Å²) in [6.45, 7) is 4.67. The molecule has 1 N–H and O–H groups in total. The molecule has 3 aromatic rings. The fraction of sp³-hybridized carbons (Fsp3) is 0.188. The van der Waals surface area contributed by atoms with Gasteiger partial charge < -0.3 is 5.32 Å². The molecule has 0 aliphatic carbocycles. The quantitative estimate of drug-likeness (QED) is 0.798. The Morgan fingerprint density at radius 1 is 1.00 bits per heavy atom. The number of nitrogens with zero attached hydrogens (tertiary/aromatic N) is 4. The molecule has 21 heavy (non-hydrogen) atoms. The van der Waals surface area contributed by atoms with Crippen LogP contribution in [-0.2, 0) is 6.54 Å². The number of anilines is 1. The van der Waals surface area contributed by atoms with Crippen molar-refractivity contribution in [3.8, 4) is 5.82 Å². The second kappa shape index (κ2) is 5.75. The first-order chi connectivity index (χ1) is 10.2. The zero-order valence-electron chi connectivity index (χ0n) is 12.1. The third-order valence-corrected chi connectivity index (χ3v) is 3.27. The largest absolute Gasteiger partial charge is 0.378 e. The first-order valence-electron chi connectivity index (χ1n) is 6.84. The molecule has 3 aromatic heterocycles. The van der Waals surface area contributed by atoms with Gasteiger partial charge in [0.2, 0.25) is 0 Å². The lowest BCUT2D eigenvalue weighted by Crippen LogP contribution is -2.03. The number of hydrogen-bond acceptors (Lipinski definition) is 4. The van der Waals surface area contributed by atoms with Crippen LogP contribution in [0, 0.1) is 13.8 Å². The Morgan fingerprint density at radius 3 is 2.52 bits per heavy atom. The van der Waals surface area contributed by atoms with Crippen molar-refractivity contribution in [1.82, 2.24) is 19.5 Å². The molecule has 0 saturated carbocycles. The van der Waals surface area contributed by atoms with E-state index in [0.29, 0.717) is 6.54 Å². The second-order valence-electron chi connectivity index (χ2n) is 4.93. The van der Waals surface area contributed by atoms with Crippen molar-refractivity contribution in [2.75, 3.05) is 5.32 Å². The average molecular weight is 279 g/mol. The van der Waals surface area contributed by atoms with Crippen molar-refractivity contribution in [1.29, 1.82) is 0 Å². The van der Waals surface area contributed by atoms with Crippen molar-refractivity contribution in [2.24, 2.45) is 0 Å². The predicted molar refractivity (Wildman–Crippen MR) is 82.4 cm³/mol. The number of nitrogens with one attached hydrogen (secondary N) is 1. The molecule has 0 saturated heterocycles. The molecular weight excluding hydrogens is 262 g/mol. The van der Waals surface area contributed by atoms with Crippen molar-refractivity contribution >= 4 is 5.69 Å². The number of pyridine rings is 2. The average Bonchev–Trinajstić information content (AvgIpc) is 2.93. The van der Waals surface area contributed by atoms with Gasteiger partial charge in [0.25, 0.3) is 0 Å². The Labute approximate surface area is 123 Å². The maximum Gasteiger partial charge on any atom is 0.138 e. The molecular formula is C16H17N5. The summed E-state index contributed by atoms with van der Waals surface area (Å²) in [5.41, 5.74) is 3.15. The zero-order valence-corrected chi connectivity index (χ0v) is 12.1. The fourth-order valence-electron chi connectivity index (χ4n) is 2.05. The standard InChI is InChI=1S/C16H17N5/c1-12-3-4-14(18-9-12)10-19-15-5-6-16(20-11-15)21-8-7-17-13(21)2/h3-9,11,19H,10H2,1-2H3. The summed E-state index contributed by atoms with van der Waals surface area (Å²) in [7, 11) is 0. The van der Waals surface area contributed by atoms with Gasteiger partial charge in [-0.2, -0.15) is 0 Å². The van der Waals surface area contributed by atoms with Crippen LogP contribution in [0.15, 0.2) is 49.1 Å². The van der Waals surface area contributed by atoms with Gasteiger partial charge in [-0.15, -0.1) is 0 Å². The smallest absolute Gasteiger partial charge is 0.138 e. The van der Waals surface area contributed by atoms with Crippen molar-refractivity contribution < 1.29 is 0 Å². The molecule has 5 heteroatoms. The highest BCUT2D eigenvalue weighted by atomic mass is 15.1. The summed E-state index contributed by atoms with van der Waals surface area (Å²) >= 11 is 0. The van der Waals surface area contributed by atoms with Gasteiger partial charge in [-0.25, -0.2) is 9.97 Å². The van der Waals surface area contributed by atoms with E-state index in [1.165, 1.54) is 5.56 Å². The molecule has 0 bridgehead atoms. The Bertz CT molecular complexity index is 713. The summed E-state index contributed by atoms with van der Waals surface area (Å²) < 4.78 is 1.95. The van der Waals surface area contributed by atoms with E-state index in [1.807, 2.05) is 55.2 Å². The Hall–Kier alpha value is -2.69. The summed E-state index contributed by atoms with van der Waals surface area (Å²) in [6.07, 6.45) is 7.37. The lowest BCUT2D eigenvalue weighted by atomic mass is 10.2. The summed E-state index contributed by atoms with van der Waals surface area (Å²) in [6, 6.07) is 8.07. The van der Waals surface area contributed by atoms with Gasteiger partial charge in [0.05, 0.1) is 24.1 Å². The van der Waals surface area contributed by atoms with Crippen LogP contribution in [0.5, 0.6) is 0 Å². The number of aromatic nitrogens is 4. The number of aryl methyl sites for hydroxylation is 2. The van der Waals surface area contributed by atoms with Gasteiger partial charge in [0.1, 0.15) is 11.6 Å². The minimum atomic E-state index is 0.686. The minimum absolute atomic E-state index is 0.686. The first kappa shape index (κ1) is 13.3. The monoisotopic (exact) mass is 279 g/mol. The molecule has 0 fully saturated rings. The van der Waals surface area contributed by atoms with Gasteiger partial charge in [-0.3, -0.25) is 9.55 Å². The van der Waals surface area contributed by atoms with Crippen LogP contribution in [0.2, 0.25) is 0 Å². The molecule has 0 unspecified atom stereocenters. The van der Waals surface area contributed by atoms with Crippen LogP contribution in [0.25, 0.3) is 5.82 Å². The highest BCUT2D eigenvalue weighted by molar-refractivity contribution is 5.44. The van der Waals surface area contributed by atoms with Crippen LogP contribution in [0.1, 0.15) is 17.1 Å². The van der Waals surface area contributed by atoms with E-state index >= 15 is 0 Å². The number of rotatable bonds is 4. The van der Waals surface area contributed by atoms with Gasteiger partial charge in [0.15, 0.2) is 0 Å². The highest BCUT2D eigenvalue weighted by Crippen LogP contribution is 2.12. The lowest BCUT2D eigenvalue weighted by molar-refractivity contribution is 0.931. The summed E-state index contributed by atoms with van der Waals surface area (Å²) in [5.74, 6) is 1.79. The molecule has 5 nitrogen and oxygen atoms in total. The maximum atomic E-state index is 4.45. The van der Waals surface area contributed by atoms with Gasteiger partial charge in [-0.1, -0.05) is 6.07 Å². The third kappa shape index (κ3) is 3.08. The molecule has 3 heterocycles. The molecule has 0 atom stereocenters. The van der Waals surface area contributed by atoms with Crippen LogP contribution in [0.4, 0.5) is 5.69 Å². The molecule has 0 radical (unpaired) electrons. The Kier molecular flexibility index (Phi) is 3.64. The van der Waals surface area contributed by atoms with Crippen LogP contribution in [-0.4, -0.2) is 19.5 Å². The SMILES string of the molecule is Cc1ccc(CNc2ccc(-n3ccnc3C)nc2)nc1. The van der Waals surface area contributed by atoms with Gasteiger partial charge >= 0.3 is 0 Å². The van der Waals surface area contributed by atoms with Crippen LogP contribution < -0.4 is 5.32 Å². The van der Waals surface area contributed by atoms with E-state index in [9.17, 15) is 0 Å². The summed E-state index contributed by atoms with van der Waals surface area (Å²) in [5, 5.41) is 3.32. The van der Waals surface area contributed by atoms with E-state index in [4.69, 9.17) is 0 Å². The van der Waals surface area contributed by atoms with E-state index in [0.717, 1.165) is 23.0 Å². The molecule has 0 aliphatic rings. The number of hydrogen-bond donors (Lipinski definition) is 1. The van der Waals surface area contributed by atoms with Crippen LogP contribution >= 0.6 is 0 Å². The normalized spacial score (nSPS) is 10.6. The summed E-state index contributed by atoms with van der Waals surface area (Å²) in [4.78, 5) is 13.0. The third-order valence-electron chi connectivity index (χ3n) is 3.27. The fourth-order valence-corrected chi connectivity index (χ4v) is 2.05. The molecule has 0 aromatic carbocycles. The lowest BCUT2D eigenvalue weighted by Gasteiger charge is -2.08. The number of imidazole rings is 1. The molecule has 0 spiro atoms. The predicted octanol–water partition coefficient (Wildman–Crippen LogP) is 2.89. The maximum absolute atomic E-state index is 4.45. The first-order valence-corrected chi connectivity index (χ1v) is 6.84. The molecule has 3 rings (SSSR count). The molecule has 106 valence electrons. The Morgan fingerprint density at radius 2 is 1.90 bits per heavy atom. The highest BCUT2D eigenvalue weighted by Gasteiger charge is 2.02. The second-order valence-corrected chi connectivity index (χ2v) is 4.93. The van der Waals surface area contributed by atoms with Crippen molar-refractivity contribution in [3.05, 3.63) is 66.1 Å². The van der Waals surface area contributed by atoms with Gasteiger partial charge in [-0.05, 0) is 37.6 Å². The van der Waals surface area contributed by atoms with E-state index in [2.05, 4.69) is 26.3 Å². The van der Waals surface area contributed by atoms with E-state index in [1.54, 1.807) is 6.20 Å². The van der Waals surface area contributed by atoms with Crippen molar-refractivity contribution in [2.45, 2.75) is 20.4 Å².